The van der Waals surface area contributed by atoms with Crippen LogP contribution in [0.4, 0.5) is 14.5 Å². The molecule has 0 unspecified atom stereocenters. The fraction of sp³-hybridized carbons (Fsp3) is 0.111. The number of nitriles is 1. The van der Waals surface area contributed by atoms with E-state index < -0.39 is 12.5 Å². The van der Waals surface area contributed by atoms with Crippen molar-refractivity contribution in [2.24, 2.45) is 0 Å². The van der Waals surface area contributed by atoms with Crippen LogP contribution in [0.1, 0.15) is 5.56 Å². The highest BCUT2D eigenvalue weighted by molar-refractivity contribution is 6.44. The Morgan fingerprint density at radius 2 is 2.00 bits per heavy atom. The van der Waals surface area contributed by atoms with Crippen molar-refractivity contribution in [2.75, 3.05) is 12.4 Å². The van der Waals surface area contributed by atoms with E-state index in [0.29, 0.717) is 0 Å². The molecule has 27 heavy (non-hydrogen) atoms. The highest BCUT2D eigenvalue weighted by Gasteiger charge is 2.15. The highest BCUT2D eigenvalue weighted by atomic mass is 35.5. The number of benzene rings is 2. The van der Waals surface area contributed by atoms with Gasteiger partial charge in [0.2, 0.25) is 0 Å². The summed E-state index contributed by atoms with van der Waals surface area (Å²) in [7, 11) is 1.30. The summed E-state index contributed by atoms with van der Waals surface area (Å²) in [5.74, 6) is -0.883. The minimum atomic E-state index is -3.05. The van der Waals surface area contributed by atoms with Crippen LogP contribution in [0.5, 0.6) is 11.5 Å². The smallest absolute Gasteiger partial charge is 0.387 e. The minimum absolute atomic E-state index is 0.0844. The van der Waals surface area contributed by atoms with Crippen molar-refractivity contribution in [3.8, 4) is 17.6 Å². The lowest BCUT2D eigenvalue weighted by Gasteiger charge is -2.11. The SMILES string of the molecule is COc1ccc(/C=C(\C#N)C(=O)Nc2cccc(Cl)c2Cl)cc1OC(F)F. The second-order valence-corrected chi connectivity index (χ2v) is 5.80. The number of anilines is 1. The molecule has 0 bridgehead atoms. The van der Waals surface area contributed by atoms with E-state index in [9.17, 15) is 18.8 Å². The summed E-state index contributed by atoms with van der Waals surface area (Å²) in [6.07, 6.45) is 1.21. The third-order valence-electron chi connectivity index (χ3n) is 3.28. The van der Waals surface area contributed by atoms with Crippen LogP contribution >= 0.6 is 23.2 Å². The molecular weight excluding hydrogens is 401 g/mol. The number of nitrogens with one attached hydrogen (secondary N) is 1. The van der Waals surface area contributed by atoms with Gasteiger partial charge in [0.25, 0.3) is 5.91 Å². The molecule has 0 saturated heterocycles. The van der Waals surface area contributed by atoms with Gasteiger partial charge in [-0.15, -0.1) is 0 Å². The standard InChI is InChI=1S/C18H12Cl2F2N2O3/c1-26-14-6-5-10(8-15(14)27-18(21)22)7-11(9-23)17(25)24-13-4-2-3-12(19)16(13)20/h2-8,18H,1H3,(H,24,25)/b11-7+. The predicted molar refractivity (Wildman–Crippen MR) is 98.3 cm³/mol. The van der Waals surface area contributed by atoms with Crippen molar-refractivity contribution >= 4 is 40.9 Å². The topological polar surface area (TPSA) is 71.3 Å². The molecule has 0 saturated carbocycles. The summed E-state index contributed by atoms with van der Waals surface area (Å²) in [6.45, 7) is -3.05. The molecule has 1 N–H and O–H groups in total. The molecule has 0 aromatic heterocycles. The van der Waals surface area contributed by atoms with Crippen LogP contribution in [-0.4, -0.2) is 19.6 Å². The average molecular weight is 413 g/mol. The molecule has 0 aliphatic heterocycles. The highest BCUT2D eigenvalue weighted by Crippen LogP contribution is 2.31. The van der Waals surface area contributed by atoms with Crippen LogP contribution in [0.15, 0.2) is 42.0 Å². The number of rotatable bonds is 6. The fourth-order valence-corrected chi connectivity index (χ4v) is 2.42. The molecule has 2 rings (SSSR count). The van der Waals surface area contributed by atoms with E-state index in [1.165, 1.54) is 37.5 Å². The number of nitrogens with zero attached hydrogens (tertiary/aromatic N) is 1. The van der Waals surface area contributed by atoms with Crippen molar-refractivity contribution in [3.63, 3.8) is 0 Å². The number of carbonyl (C=O) groups is 1. The lowest BCUT2D eigenvalue weighted by Crippen LogP contribution is -2.13. The molecule has 2 aromatic carbocycles. The molecule has 0 radical (unpaired) electrons. The van der Waals surface area contributed by atoms with E-state index in [1.54, 1.807) is 18.2 Å². The Kier molecular flexibility index (Phi) is 6.99. The maximum atomic E-state index is 12.5. The van der Waals surface area contributed by atoms with E-state index in [0.717, 1.165) is 0 Å². The summed E-state index contributed by atoms with van der Waals surface area (Å²) < 4.78 is 34.3. The molecular formula is C18H12Cl2F2N2O3. The Balaban J connectivity index is 2.31. The third-order valence-corrected chi connectivity index (χ3v) is 4.10. The average Bonchev–Trinajstić information content (AvgIpc) is 2.63. The fourth-order valence-electron chi connectivity index (χ4n) is 2.08. The van der Waals surface area contributed by atoms with Gasteiger partial charge >= 0.3 is 6.61 Å². The van der Waals surface area contributed by atoms with Crippen LogP contribution in [-0.2, 0) is 4.79 Å². The molecule has 0 aliphatic rings. The summed E-state index contributed by atoms with van der Waals surface area (Å²) in [4.78, 5) is 12.3. The van der Waals surface area contributed by atoms with E-state index in [-0.39, 0.29) is 38.4 Å². The molecule has 140 valence electrons. The quantitative estimate of drug-likeness (QED) is 0.525. The van der Waals surface area contributed by atoms with Gasteiger partial charge in [0.15, 0.2) is 11.5 Å². The van der Waals surface area contributed by atoms with Gasteiger partial charge in [-0.05, 0) is 35.9 Å². The number of alkyl halides is 2. The normalized spacial score (nSPS) is 11.1. The lowest BCUT2D eigenvalue weighted by atomic mass is 10.1. The summed E-state index contributed by atoms with van der Waals surface area (Å²) in [6, 6.07) is 10.5. The molecule has 0 aliphatic carbocycles. The molecule has 0 heterocycles. The van der Waals surface area contributed by atoms with Crippen molar-refractivity contribution in [3.05, 3.63) is 57.6 Å². The largest absolute Gasteiger partial charge is 0.493 e. The lowest BCUT2D eigenvalue weighted by molar-refractivity contribution is -0.112. The first-order valence-electron chi connectivity index (χ1n) is 7.35. The second-order valence-electron chi connectivity index (χ2n) is 5.01. The molecule has 0 atom stereocenters. The third kappa shape index (κ3) is 5.33. The zero-order valence-electron chi connectivity index (χ0n) is 13.8. The molecule has 0 fully saturated rings. The molecule has 9 heteroatoms. The summed E-state index contributed by atoms with van der Waals surface area (Å²) in [5, 5.41) is 12.1. The van der Waals surface area contributed by atoms with Crippen LogP contribution in [0.3, 0.4) is 0 Å². The van der Waals surface area contributed by atoms with Gasteiger partial charge < -0.3 is 14.8 Å². The molecule has 0 spiro atoms. The van der Waals surface area contributed by atoms with Gasteiger partial charge in [-0.1, -0.05) is 35.3 Å². The Morgan fingerprint density at radius 1 is 1.26 bits per heavy atom. The number of hydrogen-bond donors (Lipinski definition) is 1. The summed E-state index contributed by atoms with van der Waals surface area (Å²) >= 11 is 11.9. The number of hydrogen-bond acceptors (Lipinski definition) is 4. The monoisotopic (exact) mass is 412 g/mol. The van der Waals surface area contributed by atoms with Crippen LogP contribution < -0.4 is 14.8 Å². The van der Waals surface area contributed by atoms with E-state index in [1.807, 2.05) is 0 Å². The molecule has 5 nitrogen and oxygen atoms in total. The Morgan fingerprint density at radius 3 is 2.63 bits per heavy atom. The molecule has 1 amide bonds. The van der Waals surface area contributed by atoms with Crippen LogP contribution in [0.2, 0.25) is 10.0 Å². The van der Waals surface area contributed by atoms with Gasteiger partial charge in [0.05, 0.1) is 22.8 Å². The first-order valence-corrected chi connectivity index (χ1v) is 8.11. The zero-order valence-corrected chi connectivity index (χ0v) is 15.3. The van der Waals surface area contributed by atoms with Gasteiger partial charge in [-0.3, -0.25) is 4.79 Å². The van der Waals surface area contributed by atoms with Crippen molar-refractivity contribution < 1.29 is 23.0 Å². The first-order chi connectivity index (χ1) is 12.8. The van der Waals surface area contributed by atoms with Gasteiger partial charge in [0, 0.05) is 0 Å². The maximum absolute atomic E-state index is 12.5. The van der Waals surface area contributed by atoms with Gasteiger partial charge in [-0.25, -0.2) is 0 Å². The predicted octanol–water partition coefficient (Wildman–Crippen LogP) is 5.15. The summed E-state index contributed by atoms with van der Waals surface area (Å²) in [5.41, 5.74) is 0.237. The second kappa shape index (κ2) is 9.21. The first kappa shape index (κ1) is 20.5. The minimum Gasteiger partial charge on any atom is -0.493 e. The molecule has 2 aromatic rings. The van der Waals surface area contributed by atoms with E-state index in [4.69, 9.17) is 27.9 Å². The Bertz CT molecular complexity index is 927. The number of methoxy groups -OCH3 is 1. The Labute approximate surface area is 163 Å². The number of carbonyl (C=O) groups excluding carboxylic acids is 1. The maximum Gasteiger partial charge on any atom is 0.387 e. The van der Waals surface area contributed by atoms with E-state index in [2.05, 4.69) is 10.1 Å². The van der Waals surface area contributed by atoms with Crippen LogP contribution in [0.25, 0.3) is 6.08 Å². The van der Waals surface area contributed by atoms with Crippen LogP contribution in [0, 0.1) is 11.3 Å². The van der Waals surface area contributed by atoms with E-state index >= 15 is 0 Å². The number of ether oxygens (including phenoxy) is 2. The zero-order chi connectivity index (χ0) is 20.0. The van der Waals surface area contributed by atoms with Gasteiger partial charge in [-0.2, -0.15) is 14.0 Å². The van der Waals surface area contributed by atoms with Crippen molar-refractivity contribution in [1.29, 1.82) is 5.26 Å². The number of halogens is 4. The van der Waals surface area contributed by atoms with Gasteiger partial charge in [0.1, 0.15) is 11.6 Å². The van der Waals surface area contributed by atoms with Crippen molar-refractivity contribution in [2.45, 2.75) is 6.61 Å². The number of amides is 1. The Hall–Kier alpha value is -2.82. The van der Waals surface area contributed by atoms with Crippen molar-refractivity contribution in [1.82, 2.24) is 0 Å².